The molecule has 0 atom stereocenters. The Bertz CT molecular complexity index is 593. The van der Waals surface area contributed by atoms with Crippen molar-refractivity contribution in [3.63, 3.8) is 0 Å². The van der Waals surface area contributed by atoms with Crippen molar-refractivity contribution < 1.29 is 13.9 Å². The molecule has 2 heterocycles. The Kier molecular flexibility index (Phi) is 3.69. The highest BCUT2D eigenvalue weighted by Gasteiger charge is 2.15. The number of anilines is 1. The number of ether oxygens (including phenoxy) is 1. The van der Waals surface area contributed by atoms with Crippen LogP contribution >= 0.6 is 0 Å². The Morgan fingerprint density at radius 3 is 3.10 bits per heavy atom. The number of hydrogen-bond donors (Lipinski definition) is 2. The van der Waals surface area contributed by atoms with Crippen molar-refractivity contribution in [1.29, 1.82) is 0 Å². The molecule has 3 rings (SSSR count). The van der Waals surface area contributed by atoms with E-state index < -0.39 is 0 Å². The number of furan rings is 1. The Morgan fingerprint density at radius 2 is 2.25 bits per heavy atom. The summed E-state index contributed by atoms with van der Waals surface area (Å²) in [4.78, 5) is 11.3. The van der Waals surface area contributed by atoms with E-state index in [0.717, 1.165) is 42.3 Å². The number of nitrogens with one attached hydrogen (secondary N) is 2. The first-order valence-electron chi connectivity index (χ1n) is 6.60. The maximum Gasteiger partial charge on any atom is 0.262 e. The van der Waals surface area contributed by atoms with E-state index in [9.17, 15) is 4.79 Å². The van der Waals surface area contributed by atoms with Gasteiger partial charge in [0.25, 0.3) is 5.91 Å². The second kappa shape index (κ2) is 5.79. The third-order valence-electron chi connectivity index (χ3n) is 3.13. The van der Waals surface area contributed by atoms with Gasteiger partial charge in [0.1, 0.15) is 11.5 Å². The fraction of sp³-hybridized carbons (Fsp3) is 0.267. The van der Waals surface area contributed by atoms with E-state index in [1.807, 2.05) is 30.3 Å². The number of amides is 1. The average molecular weight is 272 g/mol. The normalized spacial score (nSPS) is 13.5. The summed E-state index contributed by atoms with van der Waals surface area (Å²) in [6, 6.07) is 9.68. The smallest absolute Gasteiger partial charge is 0.262 e. The molecule has 1 aromatic heterocycles. The molecular weight excluding hydrogens is 256 g/mol. The van der Waals surface area contributed by atoms with Crippen LogP contribution in [0.4, 0.5) is 5.69 Å². The lowest BCUT2D eigenvalue weighted by Crippen LogP contribution is -2.25. The first-order valence-corrected chi connectivity index (χ1v) is 6.60. The van der Waals surface area contributed by atoms with Gasteiger partial charge in [-0.2, -0.15) is 0 Å². The molecule has 2 aromatic rings. The second-order valence-electron chi connectivity index (χ2n) is 4.67. The summed E-state index contributed by atoms with van der Waals surface area (Å²) in [5.74, 6) is 1.59. The predicted molar refractivity (Wildman–Crippen MR) is 74.7 cm³/mol. The molecule has 0 fully saturated rings. The summed E-state index contributed by atoms with van der Waals surface area (Å²) in [6.45, 7) is 1.67. The molecule has 2 N–H and O–H groups in total. The largest absolute Gasteiger partial charge is 0.482 e. The minimum atomic E-state index is -0.111. The van der Waals surface area contributed by atoms with Gasteiger partial charge >= 0.3 is 0 Å². The van der Waals surface area contributed by atoms with Crippen molar-refractivity contribution >= 4 is 11.6 Å². The maximum absolute atomic E-state index is 11.3. The highest BCUT2D eigenvalue weighted by atomic mass is 16.5. The van der Waals surface area contributed by atoms with Crippen LogP contribution in [0.15, 0.2) is 41.0 Å². The number of carbonyl (C=O) groups is 1. The van der Waals surface area contributed by atoms with Crippen LogP contribution in [0.25, 0.3) is 0 Å². The molecule has 5 heteroatoms. The zero-order valence-electron chi connectivity index (χ0n) is 11.0. The Hall–Kier alpha value is -2.27. The number of carbonyl (C=O) groups excluding carboxylic acids is 1. The molecule has 20 heavy (non-hydrogen) atoms. The summed E-state index contributed by atoms with van der Waals surface area (Å²) >= 11 is 0. The standard InChI is InChI=1S/C15H16N2O3/c18-15-10-20-14-4-3-11(8-13(14)17-15)9-16-6-5-12-2-1-7-19-12/h1-4,7-8,16H,5-6,9-10H2,(H,17,18). The SMILES string of the molecule is O=C1COc2ccc(CNCCc3ccco3)cc2N1. The molecule has 1 amide bonds. The van der Waals surface area contributed by atoms with Gasteiger partial charge in [-0.1, -0.05) is 6.07 Å². The van der Waals surface area contributed by atoms with Gasteiger partial charge in [0.2, 0.25) is 0 Å². The summed E-state index contributed by atoms with van der Waals surface area (Å²) < 4.78 is 10.6. The van der Waals surface area contributed by atoms with Crippen LogP contribution in [0.1, 0.15) is 11.3 Å². The van der Waals surface area contributed by atoms with Gasteiger partial charge in [-0.25, -0.2) is 0 Å². The molecule has 1 aromatic carbocycles. The topological polar surface area (TPSA) is 63.5 Å². The van der Waals surface area contributed by atoms with E-state index in [2.05, 4.69) is 10.6 Å². The second-order valence-corrected chi connectivity index (χ2v) is 4.67. The molecule has 0 bridgehead atoms. The Balaban J connectivity index is 1.53. The van der Waals surface area contributed by atoms with Crippen LogP contribution in [0.3, 0.4) is 0 Å². The highest BCUT2D eigenvalue weighted by Crippen LogP contribution is 2.28. The Labute approximate surface area is 116 Å². The van der Waals surface area contributed by atoms with Crippen molar-refractivity contribution in [2.45, 2.75) is 13.0 Å². The summed E-state index contributed by atoms with van der Waals surface area (Å²) in [5, 5.41) is 6.15. The van der Waals surface area contributed by atoms with Crippen LogP contribution in [-0.2, 0) is 17.8 Å². The van der Waals surface area contributed by atoms with Crippen molar-refractivity contribution in [2.75, 3.05) is 18.5 Å². The molecule has 0 spiro atoms. The Morgan fingerprint density at radius 1 is 1.30 bits per heavy atom. The zero-order chi connectivity index (χ0) is 13.8. The van der Waals surface area contributed by atoms with Gasteiger partial charge < -0.3 is 19.8 Å². The third-order valence-corrected chi connectivity index (χ3v) is 3.13. The molecule has 5 nitrogen and oxygen atoms in total. The maximum atomic E-state index is 11.3. The minimum absolute atomic E-state index is 0.0910. The van der Waals surface area contributed by atoms with Gasteiger partial charge in [-0.15, -0.1) is 0 Å². The molecule has 0 saturated heterocycles. The summed E-state index contributed by atoms with van der Waals surface area (Å²) in [7, 11) is 0. The van der Waals surface area contributed by atoms with Crippen LogP contribution < -0.4 is 15.4 Å². The molecule has 0 unspecified atom stereocenters. The number of fused-ring (bicyclic) bond motifs is 1. The van der Waals surface area contributed by atoms with Crippen molar-refractivity contribution in [2.24, 2.45) is 0 Å². The monoisotopic (exact) mass is 272 g/mol. The van der Waals surface area contributed by atoms with Crippen LogP contribution in [-0.4, -0.2) is 19.1 Å². The fourth-order valence-electron chi connectivity index (χ4n) is 2.14. The fourth-order valence-corrected chi connectivity index (χ4v) is 2.14. The molecule has 0 saturated carbocycles. The van der Waals surface area contributed by atoms with Gasteiger partial charge in [0.05, 0.1) is 12.0 Å². The molecule has 104 valence electrons. The number of benzene rings is 1. The molecule has 1 aliphatic rings. The van der Waals surface area contributed by atoms with E-state index in [0.29, 0.717) is 0 Å². The minimum Gasteiger partial charge on any atom is -0.482 e. The van der Waals surface area contributed by atoms with Crippen LogP contribution in [0.5, 0.6) is 5.75 Å². The third kappa shape index (κ3) is 3.00. The van der Waals surface area contributed by atoms with E-state index in [4.69, 9.17) is 9.15 Å². The van der Waals surface area contributed by atoms with Gasteiger partial charge in [0.15, 0.2) is 6.61 Å². The lowest BCUT2D eigenvalue weighted by atomic mass is 10.1. The lowest BCUT2D eigenvalue weighted by molar-refractivity contribution is -0.118. The molecular formula is C15H16N2O3. The first kappa shape index (κ1) is 12.7. The van der Waals surface area contributed by atoms with Crippen molar-refractivity contribution in [1.82, 2.24) is 5.32 Å². The van der Waals surface area contributed by atoms with Gasteiger partial charge in [-0.05, 0) is 29.8 Å². The van der Waals surface area contributed by atoms with E-state index >= 15 is 0 Å². The van der Waals surface area contributed by atoms with E-state index in [1.54, 1.807) is 6.26 Å². The van der Waals surface area contributed by atoms with Crippen LogP contribution in [0, 0.1) is 0 Å². The molecule has 1 aliphatic heterocycles. The first-order chi connectivity index (χ1) is 9.81. The van der Waals surface area contributed by atoms with Gasteiger partial charge in [-0.3, -0.25) is 4.79 Å². The quantitative estimate of drug-likeness (QED) is 0.817. The van der Waals surface area contributed by atoms with E-state index in [1.165, 1.54) is 0 Å². The summed E-state index contributed by atoms with van der Waals surface area (Å²) in [6.07, 6.45) is 2.54. The van der Waals surface area contributed by atoms with Gasteiger partial charge in [0, 0.05) is 19.5 Å². The molecule has 0 aliphatic carbocycles. The lowest BCUT2D eigenvalue weighted by Gasteiger charge is -2.18. The molecule has 0 radical (unpaired) electrons. The van der Waals surface area contributed by atoms with Crippen molar-refractivity contribution in [3.05, 3.63) is 47.9 Å². The van der Waals surface area contributed by atoms with Crippen molar-refractivity contribution in [3.8, 4) is 5.75 Å². The summed E-state index contributed by atoms with van der Waals surface area (Å²) in [5.41, 5.74) is 1.85. The van der Waals surface area contributed by atoms with Crippen LogP contribution in [0.2, 0.25) is 0 Å². The predicted octanol–water partition coefficient (Wildman–Crippen LogP) is 1.94. The zero-order valence-corrected chi connectivity index (χ0v) is 11.0. The average Bonchev–Trinajstić information content (AvgIpc) is 2.96. The van der Waals surface area contributed by atoms with E-state index in [-0.39, 0.29) is 12.5 Å². The highest BCUT2D eigenvalue weighted by molar-refractivity contribution is 5.95. The number of hydrogen-bond acceptors (Lipinski definition) is 4. The number of rotatable bonds is 5.